The molecule has 0 radical (unpaired) electrons. The fraction of sp³-hybridized carbons (Fsp3) is 0.182. The van der Waals surface area contributed by atoms with Gasteiger partial charge in [-0.05, 0) is 120 Å². The second-order valence-corrected chi connectivity index (χ2v) is 13.6. The van der Waals surface area contributed by atoms with Crippen molar-refractivity contribution < 1.29 is 13.7 Å². The fourth-order valence-corrected chi connectivity index (χ4v) is 6.92. The van der Waals surface area contributed by atoms with Crippen molar-refractivity contribution >= 4 is 68.9 Å². The molecule has 238 valence electrons. The van der Waals surface area contributed by atoms with Gasteiger partial charge in [0.05, 0.1) is 11.2 Å². The lowest BCUT2D eigenvalue weighted by Gasteiger charge is -2.32. The molecule has 0 atom stereocenters. The number of hydrogen-bond acceptors (Lipinski definition) is 3. The number of benzene rings is 5. The molecule has 5 aromatic carbocycles. The number of allylic oxidation sites excluding steroid dienone is 3. The maximum absolute atomic E-state index is 6.46. The quantitative estimate of drug-likeness (QED) is 0.100. The minimum Gasteiger partial charge on any atom is -0.461 e. The third-order valence-corrected chi connectivity index (χ3v) is 10.2. The lowest BCUT2D eigenvalue weighted by atomic mass is 9.76. The summed E-state index contributed by atoms with van der Waals surface area (Å²) in [5, 5.41) is 5.90. The van der Waals surface area contributed by atoms with Crippen molar-refractivity contribution in [2.45, 2.75) is 52.7 Å². The molecule has 2 heterocycles. The molecule has 1 aliphatic heterocycles. The van der Waals surface area contributed by atoms with Crippen LogP contribution in [-0.4, -0.2) is 18.3 Å². The lowest BCUT2D eigenvalue weighted by molar-refractivity contribution is 0.00578. The molecule has 0 spiro atoms. The van der Waals surface area contributed by atoms with Crippen molar-refractivity contribution in [1.29, 1.82) is 0 Å². The summed E-state index contributed by atoms with van der Waals surface area (Å²) in [7, 11) is -0.495. The molecule has 1 aromatic heterocycles. The molecule has 0 N–H and O–H groups in total. The van der Waals surface area contributed by atoms with Gasteiger partial charge in [0.15, 0.2) is 0 Å². The van der Waals surface area contributed by atoms with Crippen LogP contribution in [-0.2, 0) is 9.31 Å². The Bertz CT molecular complexity index is 2280. The van der Waals surface area contributed by atoms with Gasteiger partial charge in [0.25, 0.3) is 0 Å². The van der Waals surface area contributed by atoms with Gasteiger partial charge in [0.1, 0.15) is 11.3 Å². The van der Waals surface area contributed by atoms with E-state index in [4.69, 9.17) is 13.7 Å². The summed E-state index contributed by atoms with van der Waals surface area (Å²) in [4.78, 5) is 0. The van der Waals surface area contributed by atoms with E-state index in [1.165, 1.54) is 32.7 Å². The van der Waals surface area contributed by atoms with Crippen molar-refractivity contribution in [3.8, 4) is 11.1 Å². The molecule has 48 heavy (non-hydrogen) atoms. The van der Waals surface area contributed by atoms with Crippen LogP contribution in [0.15, 0.2) is 115 Å². The first-order valence-corrected chi connectivity index (χ1v) is 16.6. The van der Waals surface area contributed by atoms with Gasteiger partial charge in [-0.2, -0.15) is 0 Å². The van der Waals surface area contributed by atoms with Gasteiger partial charge in [-0.25, -0.2) is 0 Å². The second kappa shape index (κ2) is 12.0. The molecule has 7 rings (SSSR count). The molecular weight excluding hydrogens is 587 g/mol. The third kappa shape index (κ3) is 5.17. The molecule has 0 bridgehead atoms. The summed E-state index contributed by atoms with van der Waals surface area (Å²) >= 11 is 0. The first-order valence-electron chi connectivity index (χ1n) is 16.6. The van der Waals surface area contributed by atoms with E-state index in [9.17, 15) is 0 Å². The van der Waals surface area contributed by atoms with Crippen LogP contribution in [0.4, 0.5) is 0 Å². The summed E-state index contributed by atoms with van der Waals surface area (Å²) < 4.78 is 19.2. The molecule has 4 heteroatoms. The summed E-state index contributed by atoms with van der Waals surface area (Å²) in [5.41, 5.74) is 8.67. The number of fused-ring (bicyclic) bond motifs is 4. The van der Waals surface area contributed by atoms with Crippen molar-refractivity contribution in [3.63, 3.8) is 0 Å². The van der Waals surface area contributed by atoms with Crippen molar-refractivity contribution in [2.75, 3.05) is 0 Å². The van der Waals surface area contributed by atoms with Crippen molar-refractivity contribution in [3.05, 3.63) is 138 Å². The Balaban J connectivity index is 1.28. The first-order chi connectivity index (χ1) is 23.1. The Labute approximate surface area is 284 Å². The molecule has 0 amide bonds. The van der Waals surface area contributed by atoms with Gasteiger partial charge in [0.2, 0.25) is 0 Å². The topological polar surface area (TPSA) is 31.6 Å². The van der Waals surface area contributed by atoms with Crippen molar-refractivity contribution in [1.82, 2.24) is 0 Å². The summed E-state index contributed by atoms with van der Waals surface area (Å²) in [6.45, 7) is 20.7. The normalized spacial score (nSPS) is 16.0. The van der Waals surface area contributed by atoms with Crippen LogP contribution < -0.4 is 5.46 Å². The predicted octanol–water partition coefficient (Wildman–Crippen LogP) is 11.4. The maximum Gasteiger partial charge on any atom is 0.495 e. The Kier molecular flexibility index (Phi) is 7.90. The van der Waals surface area contributed by atoms with Crippen molar-refractivity contribution in [2.24, 2.45) is 0 Å². The summed E-state index contributed by atoms with van der Waals surface area (Å²) in [6.07, 6.45) is 10.3. The molecule has 0 saturated carbocycles. The summed E-state index contributed by atoms with van der Waals surface area (Å²) in [5.74, 6) is 0.838. The lowest BCUT2D eigenvalue weighted by Crippen LogP contribution is -2.41. The third-order valence-electron chi connectivity index (χ3n) is 10.2. The average Bonchev–Trinajstić information content (AvgIpc) is 3.52. The van der Waals surface area contributed by atoms with Gasteiger partial charge in [-0.15, -0.1) is 0 Å². The highest BCUT2D eigenvalue weighted by Gasteiger charge is 2.52. The molecule has 1 saturated heterocycles. The van der Waals surface area contributed by atoms with Gasteiger partial charge in [-0.1, -0.05) is 110 Å². The Morgan fingerprint density at radius 2 is 1.38 bits per heavy atom. The van der Waals surface area contributed by atoms with Crippen LogP contribution in [0.2, 0.25) is 0 Å². The molecule has 3 nitrogen and oxygen atoms in total. The standard InChI is InChI=1S/C44H41BO3/c1-9-15-34-33(11-3)37-25-24-32(27-39(37)36-17-13-12-16-35(34)36)31-22-20-30(21-23-31)29(10-2)26-38-28(4)46-41-19-14-18-40(42(38)41)45-47-43(5,6)44(7,8)48-45/h9-27H,2-3H2,1,4-8H3/b15-9-,29-26+. The first kappa shape index (κ1) is 31.7. The fourth-order valence-electron chi connectivity index (χ4n) is 6.92. The predicted molar refractivity (Wildman–Crippen MR) is 206 cm³/mol. The number of rotatable bonds is 7. The van der Waals surface area contributed by atoms with E-state index >= 15 is 0 Å². The van der Waals surface area contributed by atoms with E-state index in [0.717, 1.165) is 50.0 Å². The van der Waals surface area contributed by atoms with E-state index in [1.54, 1.807) is 0 Å². The zero-order chi connectivity index (χ0) is 33.8. The van der Waals surface area contributed by atoms with E-state index in [-0.39, 0.29) is 0 Å². The molecule has 0 aliphatic carbocycles. The summed E-state index contributed by atoms with van der Waals surface area (Å²) in [6, 6.07) is 30.2. The highest BCUT2D eigenvalue weighted by Crippen LogP contribution is 2.39. The van der Waals surface area contributed by atoms with E-state index < -0.39 is 18.3 Å². The van der Waals surface area contributed by atoms with Crippen LogP contribution in [0, 0.1) is 6.92 Å². The van der Waals surface area contributed by atoms with Crippen LogP contribution in [0.3, 0.4) is 0 Å². The minimum absolute atomic E-state index is 0.440. The van der Waals surface area contributed by atoms with Gasteiger partial charge < -0.3 is 13.7 Å². The van der Waals surface area contributed by atoms with Gasteiger partial charge >= 0.3 is 7.12 Å². The highest BCUT2D eigenvalue weighted by molar-refractivity contribution is 6.65. The van der Waals surface area contributed by atoms with Crippen LogP contribution in [0.1, 0.15) is 62.6 Å². The molecule has 1 fully saturated rings. The minimum atomic E-state index is -0.495. The van der Waals surface area contributed by atoms with Crippen LogP contribution >= 0.6 is 0 Å². The Morgan fingerprint density at radius 1 is 0.708 bits per heavy atom. The molecule has 0 unspecified atom stereocenters. The van der Waals surface area contributed by atoms with E-state index in [0.29, 0.717) is 0 Å². The molecular formula is C44H41BO3. The largest absolute Gasteiger partial charge is 0.495 e. The Hall–Kier alpha value is -4.90. The number of furan rings is 1. The zero-order valence-electron chi connectivity index (χ0n) is 28.7. The average molecular weight is 629 g/mol. The van der Waals surface area contributed by atoms with Crippen LogP contribution in [0.5, 0.6) is 0 Å². The Morgan fingerprint density at radius 3 is 2.04 bits per heavy atom. The molecule has 1 aliphatic rings. The smallest absolute Gasteiger partial charge is 0.461 e. The van der Waals surface area contributed by atoms with Gasteiger partial charge in [-0.3, -0.25) is 0 Å². The van der Waals surface area contributed by atoms with Gasteiger partial charge in [0, 0.05) is 10.9 Å². The molecule has 6 aromatic rings. The second-order valence-electron chi connectivity index (χ2n) is 13.6. The monoisotopic (exact) mass is 628 g/mol. The zero-order valence-corrected chi connectivity index (χ0v) is 28.7. The highest BCUT2D eigenvalue weighted by atomic mass is 16.7. The number of hydrogen-bond donors (Lipinski definition) is 0. The SMILES string of the molecule is C=C/C(=C\c1c(C)oc2cccc(B3OC(C)(C)C(C)(C)O3)c12)c1ccc(-c2ccc3c(C=C)c(/C=C\C)c4ccccc4c3c2)cc1. The maximum atomic E-state index is 6.46. The van der Waals surface area contributed by atoms with Crippen LogP contribution in [0.25, 0.3) is 67.4 Å². The van der Waals surface area contributed by atoms with E-state index in [1.807, 2.05) is 31.2 Å². The number of aryl methyl sites for hydroxylation is 1. The van der Waals surface area contributed by atoms with E-state index in [2.05, 4.69) is 139 Å².